The second kappa shape index (κ2) is 9.61. The maximum atomic E-state index is 12.7. The Morgan fingerprint density at radius 3 is 2.31 bits per heavy atom. The molecular weight excluding hydrogens is 328 g/mol. The summed E-state index contributed by atoms with van der Waals surface area (Å²) < 4.78 is 5.71. The van der Waals surface area contributed by atoms with E-state index in [9.17, 15) is 9.59 Å². The van der Waals surface area contributed by atoms with Gasteiger partial charge < -0.3 is 15.4 Å². The van der Waals surface area contributed by atoms with Crippen molar-refractivity contribution in [2.24, 2.45) is 0 Å². The van der Waals surface area contributed by atoms with Crippen LogP contribution in [0.4, 0.5) is 5.69 Å². The van der Waals surface area contributed by atoms with Crippen LogP contribution >= 0.6 is 0 Å². The lowest BCUT2D eigenvalue weighted by atomic mass is 10.1. The van der Waals surface area contributed by atoms with Crippen molar-refractivity contribution in [2.45, 2.75) is 39.7 Å². The molecule has 0 spiro atoms. The topological polar surface area (TPSA) is 67.4 Å². The fourth-order valence-corrected chi connectivity index (χ4v) is 2.46. The van der Waals surface area contributed by atoms with E-state index in [1.807, 2.05) is 19.9 Å². The van der Waals surface area contributed by atoms with Crippen molar-refractivity contribution in [2.75, 3.05) is 11.9 Å². The second-order valence-corrected chi connectivity index (χ2v) is 6.27. The first kappa shape index (κ1) is 19.5. The first-order valence-electron chi connectivity index (χ1n) is 8.97. The molecule has 0 bridgehead atoms. The van der Waals surface area contributed by atoms with Crippen LogP contribution in [0, 0.1) is 0 Å². The predicted octanol–water partition coefficient (Wildman–Crippen LogP) is 4.26. The van der Waals surface area contributed by atoms with Crippen LogP contribution < -0.4 is 15.4 Å². The molecule has 0 saturated heterocycles. The van der Waals surface area contributed by atoms with Gasteiger partial charge in [0.25, 0.3) is 11.8 Å². The Labute approximate surface area is 154 Å². The molecule has 0 unspecified atom stereocenters. The van der Waals surface area contributed by atoms with E-state index in [-0.39, 0.29) is 17.9 Å². The summed E-state index contributed by atoms with van der Waals surface area (Å²) in [7, 11) is 0. The molecule has 0 fully saturated rings. The Bertz CT molecular complexity index is 756. The van der Waals surface area contributed by atoms with Crippen molar-refractivity contribution in [3.05, 3.63) is 59.7 Å². The maximum absolute atomic E-state index is 12.7. The summed E-state index contributed by atoms with van der Waals surface area (Å²) in [6, 6.07) is 14.1. The molecule has 138 valence electrons. The molecule has 2 rings (SSSR count). The van der Waals surface area contributed by atoms with Gasteiger partial charge in [-0.2, -0.15) is 0 Å². The van der Waals surface area contributed by atoms with Crippen LogP contribution in [0.25, 0.3) is 0 Å². The predicted molar refractivity (Wildman–Crippen MR) is 104 cm³/mol. The monoisotopic (exact) mass is 354 g/mol. The summed E-state index contributed by atoms with van der Waals surface area (Å²) >= 11 is 0. The van der Waals surface area contributed by atoms with E-state index in [4.69, 9.17) is 4.74 Å². The van der Waals surface area contributed by atoms with E-state index >= 15 is 0 Å². The number of unbranched alkanes of at least 4 members (excludes halogenated alkanes) is 1. The van der Waals surface area contributed by atoms with Crippen molar-refractivity contribution in [1.82, 2.24) is 5.32 Å². The number of ether oxygens (including phenoxy) is 1. The minimum absolute atomic E-state index is 0.0411. The SMILES string of the molecule is CCCCNC(=O)c1ccccc1NC(=O)c1ccccc1OC(C)C. The zero-order chi connectivity index (χ0) is 18.9. The number of anilines is 1. The van der Waals surface area contributed by atoms with Gasteiger partial charge in [0.2, 0.25) is 0 Å². The van der Waals surface area contributed by atoms with Gasteiger partial charge in [-0.05, 0) is 44.5 Å². The van der Waals surface area contributed by atoms with Gasteiger partial charge in [-0.25, -0.2) is 0 Å². The average molecular weight is 354 g/mol. The van der Waals surface area contributed by atoms with Crippen LogP contribution in [0.2, 0.25) is 0 Å². The minimum Gasteiger partial charge on any atom is -0.490 e. The highest BCUT2D eigenvalue weighted by Crippen LogP contribution is 2.22. The number of carbonyl (C=O) groups is 2. The van der Waals surface area contributed by atoms with Gasteiger partial charge in [0.1, 0.15) is 5.75 Å². The number of nitrogens with one attached hydrogen (secondary N) is 2. The van der Waals surface area contributed by atoms with Gasteiger partial charge in [-0.15, -0.1) is 0 Å². The van der Waals surface area contributed by atoms with Gasteiger partial charge in [-0.3, -0.25) is 9.59 Å². The zero-order valence-electron chi connectivity index (χ0n) is 15.5. The van der Waals surface area contributed by atoms with E-state index in [2.05, 4.69) is 17.6 Å². The molecule has 0 heterocycles. The van der Waals surface area contributed by atoms with Crippen LogP contribution in [0.3, 0.4) is 0 Å². The van der Waals surface area contributed by atoms with Gasteiger partial charge >= 0.3 is 0 Å². The standard InChI is InChI=1S/C21H26N2O3/c1-4-5-14-22-20(24)16-10-6-8-12-18(16)23-21(25)17-11-7-9-13-19(17)26-15(2)3/h6-13,15H,4-5,14H2,1-3H3,(H,22,24)(H,23,25). The number of hydrogen-bond acceptors (Lipinski definition) is 3. The molecule has 2 amide bonds. The number of amides is 2. The zero-order valence-corrected chi connectivity index (χ0v) is 15.5. The first-order valence-corrected chi connectivity index (χ1v) is 8.97. The number of rotatable bonds is 8. The van der Waals surface area contributed by atoms with Crippen LogP contribution in [-0.4, -0.2) is 24.5 Å². The van der Waals surface area contributed by atoms with Crippen molar-refractivity contribution in [1.29, 1.82) is 0 Å². The Hall–Kier alpha value is -2.82. The molecule has 2 aromatic carbocycles. The quantitative estimate of drug-likeness (QED) is 0.696. The van der Waals surface area contributed by atoms with Crippen LogP contribution in [-0.2, 0) is 0 Å². The minimum atomic E-state index is -0.310. The van der Waals surface area contributed by atoms with Crippen molar-refractivity contribution >= 4 is 17.5 Å². The lowest BCUT2D eigenvalue weighted by Crippen LogP contribution is -2.26. The van der Waals surface area contributed by atoms with Gasteiger partial charge in [0.15, 0.2) is 0 Å². The molecule has 0 radical (unpaired) electrons. The van der Waals surface area contributed by atoms with E-state index in [1.165, 1.54) is 0 Å². The third-order valence-corrected chi connectivity index (χ3v) is 3.73. The molecule has 5 nitrogen and oxygen atoms in total. The molecule has 2 N–H and O–H groups in total. The highest BCUT2D eigenvalue weighted by Gasteiger charge is 2.17. The van der Waals surface area contributed by atoms with Crippen molar-refractivity contribution in [3.8, 4) is 5.75 Å². The van der Waals surface area contributed by atoms with Crippen molar-refractivity contribution < 1.29 is 14.3 Å². The molecule has 0 aromatic heterocycles. The van der Waals surface area contributed by atoms with E-state index in [0.29, 0.717) is 29.1 Å². The molecule has 2 aromatic rings. The summed E-state index contributed by atoms with van der Waals surface area (Å²) in [6.07, 6.45) is 1.88. The van der Waals surface area contributed by atoms with E-state index in [1.54, 1.807) is 42.5 Å². The first-order chi connectivity index (χ1) is 12.5. The Morgan fingerprint density at radius 1 is 0.962 bits per heavy atom. The summed E-state index contributed by atoms with van der Waals surface area (Å²) in [6.45, 7) is 6.49. The highest BCUT2D eigenvalue weighted by molar-refractivity contribution is 6.10. The highest BCUT2D eigenvalue weighted by atomic mass is 16.5. The molecular formula is C21H26N2O3. The van der Waals surface area contributed by atoms with Gasteiger partial charge in [0, 0.05) is 6.54 Å². The molecule has 0 aliphatic carbocycles. The summed E-state index contributed by atoms with van der Waals surface area (Å²) in [5.41, 5.74) is 1.35. The fourth-order valence-electron chi connectivity index (χ4n) is 2.46. The fraction of sp³-hybridized carbons (Fsp3) is 0.333. The molecule has 0 aliphatic heterocycles. The molecule has 0 atom stereocenters. The van der Waals surface area contributed by atoms with E-state index in [0.717, 1.165) is 12.8 Å². The number of hydrogen-bond donors (Lipinski definition) is 2. The molecule has 5 heteroatoms. The number of para-hydroxylation sites is 2. The second-order valence-electron chi connectivity index (χ2n) is 6.27. The van der Waals surface area contributed by atoms with Crippen LogP contribution in [0.5, 0.6) is 5.75 Å². The summed E-state index contributed by atoms with van der Waals surface area (Å²) in [5.74, 6) is 0.0148. The lowest BCUT2D eigenvalue weighted by molar-refractivity contribution is 0.0954. The molecule has 26 heavy (non-hydrogen) atoms. The third kappa shape index (κ3) is 5.34. The molecule has 0 aliphatic rings. The Balaban J connectivity index is 2.19. The number of carbonyl (C=O) groups excluding carboxylic acids is 2. The molecule has 0 saturated carbocycles. The van der Waals surface area contributed by atoms with Crippen LogP contribution in [0.1, 0.15) is 54.3 Å². The summed E-state index contributed by atoms with van der Waals surface area (Å²) in [5, 5.41) is 5.71. The lowest BCUT2D eigenvalue weighted by Gasteiger charge is -2.15. The average Bonchev–Trinajstić information content (AvgIpc) is 2.62. The normalized spacial score (nSPS) is 10.5. The smallest absolute Gasteiger partial charge is 0.259 e. The summed E-state index contributed by atoms with van der Waals surface area (Å²) in [4.78, 5) is 25.1. The maximum Gasteiger partial charge on any atom is 0.259 e. The van der Waals surface area contributed by atoms with Gasteiger partial charge in [-0.1, -0.05) is 37.6 Å². The van der Waals surface area contributed by atoms with Crippen molar-refractivity contribution in [3.63, 3.8) is 0 Å². The number of benzene rings is 2. The largest absolute Gasteiger partial charge is 0.490 e. The third-order valence-electron chi connectivity index (χ3n) is 3.73. The Kier molecular flexibility index (Phi) is 7.21. The Morgan fingerprint density at radius 2 is 1.62 bits per heavy atom. The van der Waals surface area contributed by atoms with Crippen LogP contribution in [0.15, 0.2) is 48.5 Å². The van der Waals surface area contributed by atoms with E-state index < -0.39 is 0 Å². The van der Waals surface area contributed by atoms with Gasteiger partial charge in [0.05, 0.1) is 22.9 Å².